The van der Waals surface area contributed by atoms with Crippen molar-refractivity contribution in [1.82, 2.24) is 4.90 Å². The lowest BCUT2D eigenvalue weighted by molar-refractivity contribution is -0.159. The van der Waals surface area contributed by atoms with Crippen LogP contribution in [0.3, 0.4) is 0 Å². The van der Waals surface area contributed by atoms with Crippen LogP contribution >= 0.6 is 0 Å². The number of carbonyl (C=O) groups is 2. The number of nitrogens with zero attached hydrogens (tertiary/aromatic N) is 1. The molecule has 104 valence electrons. The van der Waals surface area contributed by atoms with E-state index in [4.69, 9.17) is 4.74 Å². The quantitative estimate of drug-likeness (QED) is 0.793. The Morgan fingerprint density at radius 1 is 1.16 bits per heavy atom. The van der Waals surface area contributed by atoms with E-state index >= 15 is 0 Å². The molecule has 19 heavy (non-hydrogen) atoms. The highest BCUT2D eigenvalue weighted by molar-refractivity contribution is 5.88. The molecule has 2 bridgehead atoms. The molecular weight excluding hydrogens is 246 g/mol. The molecule has 1 amide bonds. The van der Waals surface area contributed by atoms with Gasteiger partial charge >= 0.3 is 5.97 Å². The SMILES string of the molecule is O=C(O)C1COCCN1C(=O)C1C2C3CCC(C3)C12. The molecule has 1 saturated heterocycles. The molecule has 1 aliphatic heterocycles. The van der Waals surface area contributed by atoms with Crippen molar-refractivity contribution in [1.29, 1.82) is 0 Å². The lowest BCUT2D eigenvalue weighted by Crippen LogP contribution is -2.53. The second-order valence-corrected chi connectivity index (χ2v) is 6.47. The number of carbonyl (C=O) groups excluding carboxylic acids is 1. The van der Waals surface area contributed by atoms with Crippen molar-refractivity contribution in [2.24, 2.45) is 29.6 Å². The van der Waals surface area contributed by atoms with E-state index in [0.29, 0.717) is 25.0 Å². The van der Waals surface area contributed by atoms with Crippen LogP contribution in [0.15, 0.2) is 0 Å². The molecule has 1 heterocycles. The minimum Gasteiger partial charge on any atom is -0.480 e. The summed E-state index contributed by atoms with van der Waals surface area (Å²) in [4.78, 5) is 25.4. The first-order valence-electron chi connectivity index (χ1n) is 7.29. The van der Waals surface area contributed by atoms with Gasteiger partial charge in [0.05, 0.1) is 13.2 Å². The number of morpholine rings is 1. The first kappa shape index (κ1) is 11.7. The minimum atomic E-state index is -0.943. The summed E-state index contributed by atoms with van der Waals surface area (Å²) in [5.74, 6) is 1.91. The van der Waals surface area contributed by atoms with Gasteiger partial charge in [-0.3, -0.25) is 4.79 Å². The highest BCUT2D eigenvalue weighted by atomic mass is 16.5. The number of ether oxygens (including phenoxy) is 1. The maximum atomic E-state index is 12.6. The molecule has 0 spiro atoms. The van der Waals surface area contributed by atoms with E-state index < -0.39 is 12.0 Å². The van der Waals surface area contributed by atoms with Gasteiger partial charge in [0.1, 0.15) is 0 Å². The van der Waals surface area contributed by atoms with E-state index in [2.05, 4.69) is 0 Å². The average Bonchev–Trinajstić information content (AvgIpc) is 2.85. The topological polar surface area (TPSA) is 66.8 Å². The zero-order chi connectivity index (χ0) is 13.1. The van der Waals surface area contributed by atoms with Crippen molar-refractivity contribution in [2.45, 2.75) is 25.3 Å². The fourth-order valence-corrected chi connectivity index (χ4v) is 4.92. The smallest absolute Gasteiger partial charge is 0.328 e. The van der Waals surface area contributed by atoms with Crippen LogP contribution in [-0.2, 0) is 14.3 Å². The van der Waals surface area contributed by atoms with Crippen LogP contribution in [0.5, 0.6) is 0 Å². The van der Waals surface area contributed by atoms with Crippen molar-refractivity contribution < 1.29 is 19.4 Å². The average molecular weight is 265 g/mol. The third kappa shape index (κ3) is 1.57. The van der Waals surface area contributed by atoms with Crippen LogP contribution in [0.1, 0.15) is 19.3 Å². The lowest BCUT2D eigenvalue weighted by atomic mass is 10.0. The summed E-state index contributed by atoms with van der Waals surface area (Å²) in [6, 6.07) is -0.778. The third-order valence-corrected chi connectivity index (χ3v) is 5.72. The molecular formula is C14H19NO4. The summed E-state index contributed by atoms with van der Waals surface area (Å²) in [7, 11) is 0. The molecule has 0 radical (unpaired) electrons. The Balaban J connectivity index is 1.50. The Hall–Kier alpha value is -1.10. The fourth-order valence-electron chi connectivity index (χ4n) is 4.92. The van der Waals surface area contributed by atoms with Gasteiger partial charge in [0.25, 0.3) is 0 Å². The van der Waals surface area contributed by atoms with Gasteiger partial charge < -0.3 is 14.7 Å². The van der Waals surface area contributed by atoms with Gasteiger partial charge in [0.2, 0.25) is 5.91 Å². The Morgan fingerprint density at radius 2 is 1.84 bits per heavy atom. The van der Waals surface area contributed by atoms with Crippen molar-refractivity contribution >= 4 is 11.9 Å². The van der Waals surface area contributed by atoms with Gasteiger partial charge in [0.15, 0.2) is 6.04 Å². The van der Waals surface area contributed by atoms with Gasteiger partial charge in [-0.15, -0.1) is 0 Å². The van der Waals surface area contributed by atoms with E-state index in [1.807, 2.05) is 0 Å². The number of aliphatic carboxylic acids is 1. The summed E-state index contributed by atoms with van der Waals surface area (Å²) in [5, 5.41) is 9.21. The first-order valence-corrected chi connectivity index (χ1v) is 7.29. The maximum Gasteiger partial charge on any atom is 0.328 e. The van der Waals surface area contributed by atoms with Gasteiger partial charge in [-0.25, -0.2) is 4.79 Å². The molecule has 3 aliphatic carbocycles. The van der Waals surface area contributed by atoms with E-state index in [9.17, 15) is 14.7 Å². The molecule has 0 aromatic heterocycles. The summed E-state index contributed by atoms with van der Waals surface area (Å²) < 4.78 is 5.20. The lowest BCUT2D eigenvalue weighted by Gasteiger charge is -2.33. The Labute approximate surface area is 111 Å². The van der Waals surface area contributed by atoms with E-state index in [1.54, 1.807) is 4.90 Å². The number of hydrogen-bond donors (Lipinski definition) is 1. The summed E-state index contributed by atoms with van der Waals surface area (Å²) >= 11 is 0. The summed E-state index contributed by atoms with van der Waals surface area (Å²) in [6.07, 6.45) is 3.87. The molecule has 4 aliphatic rings. The van der Waals surface area contributed by atoms with Crippen LogP contribution < -0.4 is 0 Å². The van der Waals surface area contributed by atoms with Crippen LogP contribution in [0.25, 0.3) is 0 Å². The molecule has 1 N–H and O–H groups in total. The molecule has 0 aromatic carbocycles. The predicted molar refractivity (Wildman–Crippen MR) is 65.3 cm³/mol. The summed E-state index contributed by atoms with van der Waals surface area (Å²) in [6.45, 7) is 1.03. The molecule has 5 nitrogen and oxygen atoms in total. The molecule has 5 atom stereocenters. The second kappa shape index (κ2) is 3.95. The van der Waals surface area contributed by atoms with Gasteiger partial charge in [-0.1, -0.05) is 0 Å². The number of carboxylic acid groups (broad SMARTS) is 1. The predicted octanol–water partition coefficient (Wildman–Crippen LogP) is 0.590. The fraction of sp³-hybridized carbons (Fsp3) is 0.857. The number of rotatable bonds is 2. The highest BCUT2D eigenvalue weighted by Gasteiger charge is 2.68. The van der Waals surface area contributed by atoms with Crippen LogP contribution in [0.2, 0.25) is 0 Å². The Bertz CT molecular complexity index is 421. The van der Waals surface area contributed by atoms with E-state index in [-0.39, 0.29) is 18.4 Å². The van der Waals surface area contributed by atoms with Crippen molar-refractivity contribution in [3.63, 3.8) is 0 Å². The molecule has 0 aromatic rings. The molecule has 3 saturated carbocycles. The Kier molecular flexibility index (Phi) is 2.43. The van der Waals surface area contributed by atoms with Gasteiger partial charge in [0, 0.05) is 12.5 Å². The third-order valence-electron chi connectivity index (χ3n) is 5.72. The second-order valence-electron chi connectivity index (χ2n) is 6.47. The highest BCUT2D eigenvalue weighted by Crippen LogP contribution is 2.69. The zero-order valence-electron chi connectivity index (χ0n) is 10.8. The largest absolute Gasteiger partial charge is 0.480 e. The number of fused-ring (bicyclic) bond motifs is 5. The van der Waals surface area contributed by atoms with E-state index in [1.165, 1.54) is 19.3 Å². The van der Waals surface area contributed by atoms with Crippen molar-refractivity contribution in [3.05, 3.63) is 0 Å². The molecule has 5 unspecified atom stereocenters. The molecule has 5 heteroatoms. The molecule has 4 rings (SSSR count). The number of hydrogen-bond acceptors (Lipinski definition) is 3. The monoisotopic (exact) mass is 265 g/mol. The van der Waals surface area contributed by atoms with Crippen LogP contribution in [0, 0.1) is 29.6 Å². The number of carboxylic acids is 1. The van der Waals surface area contributed by atoms with Crippen LogP contribution in [-0.4, -0.2) is 47.7 Å². The van der Waals surface area contributed by atoms with Gasteiger partial charge in [-0.05, 0) is 42.9 Å². The van der Waals surface area contributed by atoms with Crippen molar-refractivity contribution in [3.8, 4) is 0 Å². The molecule has 4 fully saturated rings. The normalized spacial score (nSPS) is 47.1. The first-order chi connectivity index (χ1) is 9.18. The van der Waals surface area contributed by atoms with Gasteiger partial charge in [-0.2, -0.15) is 0 Å². The van der Waals surface area contributed by atoms with Crippen LogP contribution in [0.4, 0.5) is 0 Å². The van der Waals surface area contributed by atoms with E-state index in [0.717, 1.165) is 11.8 Å². The minimum absolute atomic E-state index is 0.0855. The standard InChI is InChI=1S/C14H19NO4/c16-13(15-3-4-19-6-9(15)14(17)18)12-10-7-1-2-8(5-7)11(10)12/h7-12H,1-6H2,(H,17,18). The van der Waals surface area contributed by atoms with Crippen molar-refractivity contribution in [2.75, 3.05) is 19.8 Å². The maximum absolute atomic E-state index is 12.6. The summed E-state index contributed by atoms with van der Waals surface area (Å²) in [5.41, 5.74) is 0. The zero-order valence-corrected chi connectivity index (χ0v) is 10.8. The number of amides is 1. The Morgan fingerprint density at radius 3 is 2.47 bits per heavy atom.